The summed E-state index contributed by atoms with van der Waals surface area (Å²) in [4.78, 5) is 2.22. The lowest BCUT2D eigenvalue weighted by molar-refractivity contribution is 0.340. The molecule has 1 aliphatic heterocycles. The smallest absolute Gasteiger partial charge is 0.236 e. The van der Waals surface area contributed by atoms with Crippen molar-refractivity contribution < 1.29 is 13.2 Å². The standard InChI is InChI=1S/C22H32N2O3S/c1-3-5-6-7-8-9-10-20-28(25,26)24-17-11-16-23(18-19-24)21-12-14-22(15-13-21)27-4-2/h10,12-15,20H,3-7,11,16-19H2,1-2H3/b20-10+. The molecule has 0 unspecified atom stereocenters. The van der Waals surface area contributed by atoms with E-state index in [0.717, 1.165) is 50.1 Å². The molecule has 1 aromatic rings. The lowest BCUT2D eigenvalue weighted by Gasteiger charge is -2.23. The number of sulfonamides is 1. The first kappa shape index (κ1) is 22.3. The Morgan fingerprint density at radius 3 is 2.57 bits per heavy atom. The molecule has 0 spiro atoms. The third-order valence-electron chi connectivity index (χ3n) is 4.66. The molecule has 0 bridgehead atoms. The van der Waals surface area contributed by atoms with E-state index < -0.39 is 10.0 Å². The maximum Gasteiger partial charge on any atom is 0.236 e. The van der Waals surface area contributed by atoms with E-state index in [1.54, 1.807) is 4.31 Å². The van der Waals surface area contributed by atoms with Gasteiger partial charge in [-0.2, -0.15) is 4.31 Å². The number of rotatable bonds is 8. The second-order valence-corrected chi connectivity index (χ2v) is 8.61. The number of benzene rings is 1. The molecule has 1 aliphatic rings. The Morgan fingerprint density at radius 2 is 1.86 bits per heavy atom. The molecule has 0 aromatic heterocycles. The highest BCUT2D eigenvalue weighted by Gasteiger charge is 2.23. The van der Waals surface area contributed by atoms with Crippen molar-refractivity contribution in [2.24, 2.45) is 0 Å². The zero-order valence-electron chi connectivity index (χ0n) is 17.1. The number of unbranched alkanes of at least 4 members (excludes halogenated alkanes) is 3. The Morgan fingerprint density at radius 1 is 1.07 bits per heavy atom. The lowest BCUT2D eigenvalue weighted by Crippen LogP contribution is -2.34. The highest BCUT2D eigenvalue weighted by molar-refractivity contribution is 7.92. The molecule has 0 aliphatic carbocycles. The fraction of sp³-hybridized carbons (Fsp3) is 0.545. The highest BCUT2D eigenvalue weighted by atomic mass is 32.2. The van der Waals surface area contributed by atoms with Crippen LogP contribution in [0.1, 0.15) is 46.0 Å². The Kier molecular flexibility index (Phi) is 9.39. The molecule has 0 radical (unpaired) electrons. The fourth-order valence-corrected chi connectivity index (χ4v) is 4.26. The molecule has 28 heavy (non-hydrogen) atoms. The third-order valence-corrected chi connectivity index (χ3v) is 6.22. The lowest BCUT2D eigenvalue weighted by atomic mass is 10.2. The monoisotopic (exact) mass is 404 g/mol. The number of hydrogen-bond donors (Lipinski definition) is 0. The minimum absolute atomic E-state index is 0.476. The summed E-state index contributed by atoms with van der Waals surface area (Å²) in [5.41, 5.74) is 1.09. The summed E-state index contributed by atoms with van der Waals surface area (Å²) in [7, 11) is -3.42. The molecule has 0 saturated carbocycles. The average Bonchev–Trinajstić information content (AvgIpc) is 2.95. The minimum atomic E-state index is -3.42. The molecule has 1 aromatic carbocycles. The van der Waals surface area contributed by atoms with E-state index in [0.29, 0.717) is 26.2 Å². The molecule has 0 amide bonds. The zero-order chi connectivity index (χ0) is 20.2. The van der Waals surface area contributed by atoms with E-state index in [9.17, 15) is 8.42 Å². The molecule has 1 fully saturated rings. The van der Waals surface area contributed by atoms with Crippen LogP contribution in [-0.2, 0) is 10.0 Å². The summed E-state index contributed by atoms with van der Waals surface area (Å²) < 4.78 is 32.2. The molecule has 0 atom stereocenters. The van der Waals surface area contributed by atoms with Crippen LogP contribution in [0.4, 0.5) is 5.69 Å². The minimum Gasteiger partial charge on any atom is -0.494 e. The van der Waals surface area contributed by atoms with Crippen LogP contribution in [0.25, 0.3) is 0 Å². The maximum atomic E-state index is 12.6. The third kappa shape index (κ3) is 7.21. The van der Waals surface area contributed by atoms with E-state index in [4.69, 9.17) is 4.74 Å². The molecule has 6 heteroatoms. The van der Waals surface area contributed by atoms with Gasteiger partial charge < -0.3 is 9.64 Å². The second-order valence-electron chi connectivity index (χ2n) is 6.79. The Bertz CT molecular complexity index is 776. The van der Waals surface area contributed by atoms with Gasteiger partial charge in [-0.15, -0.1) is 0 Å². The van der Waals surface area contributed by atoms with Crippen molar-refractivity contribution >= 4 is 15.7 Å². The van der Waals surface area contributed by atoms with Crippen molar-refractivity contribution in [1.82, 2.24) is 4.31 Å². The average molecular weight is 405 g/mol. The molecule has 1 saturated heterocycles. The summed E-state index contributed by atoms with van der Waals surface area (Å²) in [5.74, 6) is 6.71. The predicted octanol–water partition coefficient (Wildman–Crippen LogP) is 4.02. The van der Waals surface area contributed by atoms with Gasteiger partial charge in [-0.3, -0.25) is 0 Å². The summed E-state index contributed by atoms with van der Waals surface area (Å²) in [5, 5.41) is 1.24. The molecular formula is C22H32N2O3S. The SMILES string of the molecule is CCCCCC#C/C=C/S(=O)(=O)N1CCCN(c2ccc(OCC)cc2)CC1. The molecule has 1 heterocycles. The van der Waals surface area contributed by atoms with Crippen LogP contribution in [0.2, 0.25) is 0 Å². The van der Waals surface area contributed by atoms with E-state index >= 15 is 0 Å². The van der Waals surface area contributed by atoms with Crippen LogP contribution in [0.5, 0.6) is 5.75 Å². The van der Waals surface area contributed by atoms with E-state index in [-0.39, 0.29) is 0 Å². The fourth-order valence-electron chi connectivity index (χ4n) is 3.13. The maximum absolute atomic E-state index is 12.6. The number of hydrogen-bond acceptors (Lipinski definition) is 4. The van der Waals surface area contributed by atoms with Crippen LogP contribution >= 0.6 is 0 Å². The van der Waals surface area contributed by atoms with Gasteiger partial charge in [0.25, 0.3) is 0 Å². The van der Waals surface area contributed by atoms with Gasteiger partial charge in [0.15, 0.2) is 0 Å². The van der Waals surface area contributed by atoms with Gasteiger partial charge >= 0.3 is 0 Å². The van der Waals surface area contributed by atoms with Crippen molar-refractivity contribution in [3.8, 4) is 17.6 Å². The first-order valence-corrected chi connectivity index (χ1v) is 11.7. The van der Waals surface area contributed by atoms with E-state index in [1.165, 1.54) is 11.5 Å². The summed E-state index contributed by atoms with van der Waals surface area (Å²) in [6.07, 6.45) is 6.47. The quantitative estimate of drug-likeness (QED) is 0.485. The van der Waals surface area contributed by atoms with Crippen LogP contribution in [0.15, 0.2) is 35.7 Å². The first-order chi connectivity index (χ1) is 13.6. The van der Waals surface area contributed by atoms with Gasteiger partial charge in [-0.05, 0) is 44.0 Å². The Labute approximate surface area is 170 Å². The van der Waals surface area contributed by atoms with Gasteiger partial charge in [-0.1, -0.05) is 31.6 Å². The predicted molar refractivity (Wildman–Crippen MR) is 116 cm³/mol. The molecule has 154 valence electrons. The highest BCUT2D eigenvalue weighted by Crippen LogP contribution is 2.21. The summed E-state index contributed by atoms with van der Waals surface area (Å²) in [6, 6.07) is 7.98. The van der Waals surface area contributed by atoms with Gasteiger partial charge in [0.2, 0.25) is 10.0 Å². The number of ether oxygens (including phenoxy) is 1. The number of allylic oxidation sites excluding steroid dienone is 1. The topological polar surface area (TPSA) is 49.9 Å². The molecule has 0 N–H and O–H groups in total. The van der Waals surface area contributed by atoms with Crippen LogP contribution in [0.3, 0.4) is 0 Å². The van der Waals surface area contributed by atoms with Crippen LogP contribution in [-0.4, -0.2) is 45.5 Å². The molecule has 2 rings (SSSR count). The second kappa shape index (κ2) is 11.8. The van der Waals surface area contributed by atoms with Crippen molar-refractivity contribution in [3.63, 3.8) is 0 Å². The van der Waals surface area contributed by atoms with Gasteiger partial charge in [-0.25, -0.2) is 8.42 Å². The van der Waals surface area contributed by atoms with Crippen molar-refractivity contribution in [2.75, 3.05) is 37.7 Å². The van der Waals surface area contributed by atoms with Gasteiger partial charge in [0.1, 0.15) is 5.75 Å². The van der Waals surface area contributed by atoms with Crippen molar-refractivity contribution in [2.45, 2.75) is 46.0 Å². The largest absolute Gasteiger partial charge is 0.494 e. The Hall–Kier alpha value is -1.97. The number of anilines is 1. The normalized spacial score (nSPS) is 15.9. The summed E-state index contributed by atoms with van der Waals surface area (Å²) in [6.45, 7) is 7.27. The summed E-state index contributed by atoms with van der Waals surface area (Å²) >= 11 is 0. The van der Waals surface area contributed by atoms with E-state index in [2.05, 4.69) is 23.7 Å². The molecule has 5 nitrogen and oxygen atoms in total. The number of nitrogens with zero attached hydrogens (tertiary/aromatic N) is 2. The van der Waals surface area contributed by atoms with Gasteiger partial charge in [0, 0.05) is 44.4 Å². The van der Waals surface area contributed by atoms with Crippen LogP contribution in [0, 0.1) is 11.8 Å². The first-order valence-electron chi connectivity index (χ1n) is 10.2. The molecular weight excluding hydrogens is 372 g/mol. The van der Waals surface area contributed by atoms with Crippen LogP contribution < -0.4 is 9.64 Å². The van der Waals surface area contributed by atoms with Crippen molar-refractivity contribution in [1.29, 1.82) is 0 Å². The van der Waals surface area contributed by atoms with Gasteiger partial charge in [0.05, 0.1) is 12.0 Å². The zero-order valence-corrected chi connectivity index (χ0v) is 17.9. The van der Waals surface area contributed by atoms with Crippen molar-refractivity contribution in [3.05, 3.63) is 35.7 Å². The van der Waals surface area contributed by atoms with E-state index in [1.807, 2.05) is 31.2 Å². The Balaban J connectivity index is 1.90.